The van der Waals surface area contributed by atoms with Gasteiger partial charge in [0.2, 0.25) is 0 Å². The van der Waals surface area contributed by atoms with Gasteiger partial charge in [0.15, 0.2) is 17.4 Å². The highest BCUT2D eigenvalue weighted by Crippen LogP contribution is 2.31. The van der Waals surface area contributed by atoms with E-state index in [1.807, 2.05) is 0 Å². The standard InChI is InChI=1S/C13H12N2O4/c1-8(16)9(2)19-12-6-5-11(15(17)18)13-10(12)4-3-7-14-13/h3-7,9H,1-2H3. The molecule has 0 aliphatic carbocycles. The highest BCUT2D eigenvalue weighted by atomic mass is 16.6. The van der Waals surface area contributed by atoms with Crippen molar-refractivity contribution in [3.63, 3.8) is 0 Å². The minimum atomic E-state index is -0.607. The van der Waals surface area contributed by atoms with Crippen LogP contribution in [0.15, 0.2) is 30.5 Å². The zero-order valence-electron chi connectivity index (χ0n) is 10.5. The molecule has 19 heavy (non-hydrogen) atoms. The molecular weight excluding hydrogens is 248 g/mol. The predicted octanol–water partition coefficient (Wildman–Crippen LogP) is 2.50. The molecule has 2 rings (SSSR count). The number of benzene rings is 1. The van der Waals surface area contributed by atoms with E-state index in [9.17, 15) is 14.9 Å². The molecule has 0 fully saturated rings. The molecule has 6 heteroatoms. The summed E-state index contributed by atoms with van der Waals surface area (Å²) in [5.74, 6) is 0.298. The largest absolute Gasteiger partial charge is 0.482 e. The lowest BCUT2D eigenvalue weighted by atomic mass is 10.1. The maximum Gasteiger partial charge on any atom is 0.295 e. The Balaban J connectivity index is 2.55. The lowest BCUT2D eigenvalue weighted by Crippen LogP contribution is -2.20. The number of nitro groups is 1. The number of hydrogen-bond donors (Lipinski definition) is 0. The molecule has 0 radical (unpaired) electrons. The van der Waals surface area contributed by atoms with E-state index in [0.717, 1.165) is 0 Å². The third kappa shape index (κ3) is 2.52. The van der Waals surface area contributed by atoms with E-state index < -0.39 is 11.0 Å². The lowest BCUT2D eigenvalue weighted by molar-refractivity contribution is -0.383. The van der Waals surface area contributed by atoms with Gasteiger partial charge in [0.05, 0.1) is 4.92 Å². The SMILES string of the molecule is CC(=O)C(C)Oc1ccc([N+](=O)[O-])c2ncccc12. The van der Waals surface area contributed by atoms with Gasteiger partial charge >= 0.3 is 0 Å². The molecule has 0 aliphatic heterocycles. The van der Waals surface area contributed by atoms with Gasteiger partial charge in [-0.1, -0.05) is 0 Å². The van der Waals surface area contributed by atoms with Crippen LogP contribution in [0.5, 0.6) is 5.75 Å². The van der Waals surface area contributed by atoms with Crippen LogP contribution in [0.1, 0.15) is 13.8 Å². The van der Waals surface area contributed by atoms with E-state index in [0.29, 0.717) is 11.1 Å². The molecule has 6 nitrogen and oxygen atoms in total. The van der Waals surface area contributed by atoms with Gasteiger partial charge in [-0.05, 0) is 32.0 Å². The summed E-state index contributed by atoms with van der Waals surface area (Å²) in [7, 11) is 0. The average molecular weight is 260 g/mol. The Morgan fingerprint density at radius 2 is 2.16 bits per heavy atom. The number of nitro benzene ring substituents is 1. The molecule has 1 aromatic heterocycles. The Labute approximate surface area is 109 Å². The summed E-state index contributed by atoms with van der Waals surface area (Å²) in [5.41, 5.74) is 0.166. The van der Waals surface area contributed by atoms with Crippen LogP contribution in [0.2, 0.25) is 0 Å². The quantitative estimate of drug-likeness (QED) is 0.623. The predicted molar refractivity (Wildman–Crippen MR) is 69.2 cm³/mol. The second-order valence-electron chi connectivity index (χ2n) is 4.11. The van der Waals surface area contributed by atoms with Gasteiger partial charge in [0.1, 0.15) is 5.75 Å². The first-order valence-electron chi connectivity index (χ1n) is 5.70. The second kappa shape index (κ2) is 5.01. The molecule has 0 saturated carbocycles. The van der Waals surface area contributed by atoms with Crippen molar-refractivity contribution in [3.05, 3.63) is 40.6 Å². The first kappa shape index (κ1) is 12.9. The summed E-state index contributed by atoms with van der Waals surface area (Å²) in [4.78, 5) is 25.7. The molecule has 0 spiro atoms. The number of carbonyl (C=O) groups is 1. The Hall–Kier alpha value is -2.50. The first-order chi connectivity index (χ1) is 9.00. The first-order valence-corrected chi connectivity index (χ1v) is 5.70. The topological polar surface area (TPSA) is 82.3 Å². The van der Waals surface area contributed by atoms with Gasteiger partial charge in [-0.15, -0.1) is 0 Å². The van der Waals surface area contributed by atoms with Crippen LogP contribution >= 0.6 is 0 Å². The van der Waals surface area contributed by atoms with Crippen molar-refractivity contribution in [2.75, 3.05) is 0 Å². The summed E-state index contributed by atoms with van der Waals surface area (Å²) < 4.78 is 5.51. The van der Waals surface area contributed by atoms with Crippen LogP contribution in [0, 0.1) is 10.1 Å². The number of rotatable bonds is 4. The van der Waals surface area contributed by atoms with Gasteiger partial charge in [-0.2, -0.15) is 0 Å². The van der Waals surface area contributed by atoms with E-state index in [2.05, 4.69) is 4.98 Å². The zero-order chi connectivity index (χ0) is 14.0. The fraction of sp³-hybridized carbons (Fsp3) is 0.231. The lowest BCUT2D eigenvalue weighted by Gasteiger charge is -2.13. The number of carbonyl (C=O) groups excluding carboxylic acids is 1. The summed E-state index contributed by atoms with van der Waals surface area (Å²) >= 11 is 0. The molecule has 0 bridgehead atoms. The number of nitrogens with zero attached hydrogens (tertiary/aromatic N) is 2. The van der Waals surface area contributed by atoms with Crippen molar-refractivity contribution in [1.82, 2.24) is 4.98 Å². The molecule has 2 aromatic rings. The summed E-state index contributed by atoms with van der Waals surface area (Å²) in [6, 6.07) is 6.16. The molecule has 0 amide bonds. The third-order valence-corrected chi connectivity index (χ3v) is 2.78. The van der Waals surface area contributed by atoms with Crippen molar-refractivity contribution < 1.29 is 14.5 Å². The van der Waals surface area contributed by atoms with Crippen LogP contribution < -0.4 is 4.74 Å². The molecule has 1 atom stereocenters. The highest BCUT2D eigenvalue weighted by molar-refractivity contribution is 5.92. The van der Waals surface area contributed by atoms with Gasteiger partial charge in [-0.25, -0.2) is 4.98 Å². The Morgan fingerprint density at radius 3 is 2.79 bits per heavy atom. The Kier molecular flexibility index (Phi) is 3.41. The molecule has 1 heterocycles. The van der Waals surface area contributed by atoms with E-state index >= 15 is 0 Å². The van der Waals surface area contributed by atoms with E-state index in [4.69, 9.17) is 4.74 Å². The average Bonchev–Trinajstić information content (AvgIpc) is 2.38. The zero-order valence-corrected chi connectivity index (χ0v) is 10.5. The number of aromatic nitrogens is 1. The molecule has 0 aliphatic rings. The van der Waals surface area contributed by atoms with Gasteiger partial charge in [0.25, 0.3) is 5.69 Å². The third-order valence-electron chi connectivity index (χ3n) is 2.78. The van der Waals surface area contributed by atoms with E-state index in [-0.39, 0.29) is 17.0 Å². The van der Waals surface area contributed by atoms with E-state index in [1.165, 1.54) is 25.3 Å². The fourth-order valence-electron chi connectivity index (χ4n) is 1.66. The number of ether oxygens (including phenoxy) is 1. The van der Waals surface area contributed by atoms with Crippen LogP contribution in [-0.2, 0) is 4.79 Å². The van der Waals surface area contributed by atoms with Crippen molar-refractivity contribution in [3.8, 4) is 5.75 Å². The smallest absolute Gasteiger partial charge is 0.295 e. The fourth-order valence-corrected chi connectivity index (χ4v) is 1.66. The van der Waals surface area contributed by atoms with Crippen LogP contribution in [-0.4, -0.2) is 21.8 Å². The van der Waals surface area contributed by atoms with Crippen molar-refractivity contribution in [2.45, 2.75) is 20.0 Å². The maximum absolute atomic E-state index is 11.2. The number of non-ortho nitro benzene ring substituents is 1. The van der Waals surface area contributed by atoms with Gasteiger partial charge < -0.3 is 4.74 Å². The maximum atomic E-state index is 11.2. The summed E-state index contributed by atoms with van der Waals surface area (Å²) in [6.45, 7) is 3.06. The van der Waals surface area contributed by atoms with E-state index in [1.54, 1.807) is 19.1 Å². The number of hydrogen-bond acceptors (Lipinski definition) is 5. The second-order valence-corrected chi connectivity index (χ2v) is 4.11. The minimum absolute atomic E-state index is 0.0848. The van der Waals surface area contributed by atoms with Gasteiger partial charge in [0, 0.05) is 17.6 Å². The molecule has 0 saturated heterocycles. The Morgan fingerprint density at radius 1 is 1.42 bits per heavy atom. The van der Waals surface area contributed by atoms with Crippen molar-refractivity contribution in [2.24, 2.45) is 0 Å². The molecule has 0 N–H and O–H groups in total. The molecule has 98 valence electrons. The van der Waals surface area contributed by atoms with Crippen molar-refractivity contribution >= 4 is 22.4 Å². The Bertz CT molecular complexity index is 654. The number of pyridine rings is 1. The van der Waals surface area contributed by atoms with Crippen molar-refractivity contribution in [1.29, 1.82) is 0 Å². The molecular formula is C13H12N2O4. The van der Waals surface area contributed by atoms with Gasteiger partial charge in [-0.3, -0.25) is 14.9 Å². The number of ketones is 1. The summed E-state index contributed by atoms with van der Waals surface area (Å²) in [5, 5.41) is 11.4. The normalized spacial score (nSPS) is 12.1. The molecule has 1 aromatic carbocycles. The number of Topliss-reactive ketones (excluding diaryl/α,β-unsaturated/α-hetero) is 1. The number of fused-ring (bicyclic) bond motifs is 1. The minimum Gasteiger partial charge on any atom is -0.482 e. The summed E-state index contributed by atoms with van der Waals surface area (Å²) in [6.07, 6.45) is 0.873. The monoisotopic (exact) mass is 260 g/mol. The van der Waals surface area contributed by atoms with Crippen LogP contribution in [0.4, 0.5) is 5.69 Å². The van der Waals surface area contributed by atoms with Crippen LogP contribution in [0.25, 0.3) is 10.9 Å². The highest BCUT2D eigenvalue weighted by Gasteiger charge is 2.18. The van der Waals surface area contributed by atoms with Crippen LogP contribution in [0.3, 0.4) is 0 Å². The molecule has 1 unspecified atom stereocenters.